The summed E-state index contributed by atoms with van der Waals surface area (Å²) in [6.07, 6.45) is 5.02. The molecule has 6 heteroatoms. The summed E-state index contributed by atoms with van der Waals surface area (Å²) in [5.41, 5.74) is 9.46. The first-order valence-electron chi connectivity index (χ1n) is 8.08. The standard InChI is InChI=1S/C20H15N5S/c1-13(20-22-7-8-26-20)5-6-14-3-2-4-15(9-14)16-10-17-18(21)24-12-25-19(17)23-11-16/h2-4,7-13H,1H3,(H2,21,23,24,25)/t13-/m0/s1. The number of nitrogen functional groups attached to an aromatic ring is 1. The average molecular weight is 357 g/mol. The number of fused-ring (bicyclic) bond motifs is 1. The Morgan fingerprint density at radius 2 is 2.00 bits per heavy atom. The first kappa shape index (κ1) is 16.2. The maximum atomic E-state index is 5.94. The second-order valence-corrected chi connectivity index (χ2v) is 6.72. The molecule has 2 N–H and O–H groups in total. The molecule has 26 heavy (non-hydrogen) atoms. The minimum Gasteiger partial charge on any atom is -0.383 e. The molecule has 0 aliphatic rings. The maximum absolute atomic E-state index is 5.94. The van der Waals surface area contributed by atoms with Gasteiger partial charge in [-0.3, -0.25) is 0 Å². The quantitative estimate of drug-likeness (QED) is 0.551. The van der Waals surface area contributed by atoms with Gasteiger partial charge in [-0.05, 0) is 30.7 Å². The van der Waals surface area contributed by atoms with Crippen LogP contribution in [0.1, 0.15) is 23.4 Å². The Morgan fingerprint density at radius 3 is 2.85 bits per heavy atom. The van der Waals surface area contributed by atoms with Crippen LogP contribution in [-0.2, 0) is 0 Å². The van der Waals surface area contributed by atoms with E-state index < -0.39 is 0 Å². The predicted octanol–water partition coefficient (Wildman–Crippen LogP) is 3.89. The zero-order valence-corrected chi connectivity index (χ0v) is 14.9. The van der Waals surface area contributed by atoms with E-state index in [-0.39, 0.29) is 5.92 Å². The highest BCUT2D eigenvalue weighted by Gasteiger charge is 2.06. The first-order valence-corrected chi connectivity index (χ1v) is 8.96. The molecule has 0 saturated carbocycles. The van der Waals surface area contributed by atoms with Crippen LogP contribution in [0.15, 0.2) is 54.4 Å². The molecular formula is C20H15N5S. The van der Waals surface area contributed by atoms with E-state index in [4.69, 9.17) is 5.73 Å². The van der Waals surface area contributed by atoms with Gasteiger partial charge in [0.15, 0.2) is 5.65 Å². The van der Waals surface area contributed by atoms with Gasteiger partial charge in [-0.25, -0.2) is 19.9 Å². The van der Waals surface area contributed by atoms with E-state index in [1.54, 1.807) is 23.7 Å². The molecule has 0 aliphatic heterocycles. The van der Waals surface area contributed by atoms with Crippen molar-refractivity contribution in [2.24, 2.45) is 0 Å². The number of anilines is 1. The number of hydrogen-bond acceptors (Lipinski definition) is 6. The van der Waals surface area contributed by atoms with Gasteiger partial charge >= 0.3 is 0 Å². The molecule has 126 valence electrons. The van der Waals surface area contributed by atoms with Gasteiger partial charge in [-0.15, -0.1) is 11.3 Å². The minimum atomic E-state index is 0.109. The van der Waals surface area contributed by atoms with Crippen molar-refractivity contribution in [2.45, 2.75) is 12.8 Å². The van der Waals surface area contributed by atoms with Crippen LogP contribution in [0.5, 0.6) is 0 Å². The molecular weight excluding hydrogens is 342 g/mol. The molecule has 1 aromatic carbocycles. The first-order chi connectivity index (χ1) is 12.7. The topological polar surface area (TPSA) is 77.6 Å². The third-order valence-electron chi connectivity index (χ3n) is 3.97. The lowest BCUT2D eigenvalue weighted by Crippen LogP contribution is -1.95. The van der Waals surface area contributed by atoms with Gasteiger partial charge in [-0.1, -0.05) is 24.0 Å². The molecule has 5 nitrogen and oxygen atoms in total. The Bertz CT molecular complexity index is 1130. The second kappa shape index (κ2) is 6.90. The normalized spacial score (nSPS) is 11.7. The number of thiazole rings is 1. The second-order valence-electron chi connectivity index (χ2n) is 5.80. The summed E-state index contributed by atoms with van der Waals surface area (Å²) in [7, 11) is 0. The largest absolute Gasteiger partial charge is 0.383 e. The van der Waals surface area contributed by atoms with Crippen molar-refractivity contribution in [1.82, 2.24) is 19.9 Å². The summed E-state index contributed by atoms with van der Waals surface area (Å²) in [6, 6.07) is 10.0. The number of benzene rings is 1. The van der Waals surface area contributed by atoms with Crippen molar-refractivity contribution >= 4 is 28.2 Å². The van der Waals surface area contributed by atoms with Gasteiger partial charge < -0.3 is 5.73 Å². The molecule has 0 saturated heterocycles. The van der Waals surface area contributed by atoms with Crippen LogP contribution in [0, 0.1) is 11.8 Å². The molecule has 0 spiro atoms. The summed E-state index contributed by atoms with van der Waals surface area (Å²) < 4.78 is 0. The summed E-state index contributed by atoms with van der Waals surface area (Å²) in [4.78, 5) is 16.9. The van der Waals surface area contributed by atoms with Crippen LogP contribution >= 0.6 is 11.3 Å². The number of nitrogens with two attached hydrogens (primary N) is 1. The van der Waals surface area contributed by atoms with E-state index in [9.17, 15) is 0 Å². The van der Waals surface area contributed by atoms with Gasteiger partial charge in [0.1, 0.15) is 17.2 Å². The molecule has 0 unspecified atom stereocenters. The summed E-state index contributed by atoms with van der Waals surface area (Å²) in [5.74, 6) is 7.04. The molecule has 0 amide bonds. The molecule has 0 bridgehead atoms. The Hall–Kier alpha value is -3.30. The Kier molecular flexibility index (Phi) is 4.30. The van der Waals surface area contributed by atoms with Gasteiger partial charge in [0.25, 0.3) is 0 Å². The van der Waals surface area contributed by atoms with Crippen molar-refractivity contribution in [3.8, 4) is 23.0 Å². The lowest BCUT2D eigenvalue weighted by atomic mass is 10.0. The monoisotopic (exact) mass is 357 g/mol. The number of nitrogens with zero attached hydrogens (tertiary/aromatic N) is 4. The summed E-state index contributed by atoms with van der Waals surface area (Å²) in [6.45, 7) is 2.06. The van der Waals surface area contributed by atoms with E-state index in [1.165, 1.54) is 6.33 Å². The van der Waals surface area contributed by atoms with Crippen LogP contribution in [0.4, 0.5) is 5.82 Å². The molecule has 0 radical (unpaired) electrons. The van der Waals surface area contributed by atoms with Crippen LogP contribution in [-0.4, -0.2) is 19.9 Å². The van der Waals surface area contributed by atoms with Crippen molar-refractivity contribution in [3.63, 3.8) is 0 Å². The molecule has 4 aromatic rings. The van der Waals surface area contributed by atoms with Crippen molar-refractivity contribution in [2.75, 3.05) is 5.73 Å². The SMILES string of the molecule is C[C@@H](C#Cc1cccc(-c2cnc3ncnc(N)c3c2)c1)c1nccs1. The molecule has 0 fully saturated rings. The average Bonchev–Trinajstić information content (AvgIpc) is 3.21. The van der Waals surface area contributed by atoms with Gasteiger partial charge in [0.2, 0.25) is 0 Å². The van der Waals surface area contributed by atoms with Crippen LogP contribution in [0.25, 0.3) is 22.2 Å². The highest BCUT2D eigenvalue weighted by molar-refractivity contribution is 7.09. The highest BCUT2D eigenvalue weighted by Crippen LogP contribution is 2.25. The van der Waals surface area contributed by atoms with Crippen molar-refractivity contribution in [3.05, 3.63) is 65.0 Å². The molecule has 1 atom stereocenters. The van der Waals surface area contributed by atoms with Crippen LogP contribution in [0.2, 0.25) is 0 Å². The zero-order valence-electron chi connectivity index (χ0n) is 14.0. The molecule has 4 rings (SSSR count). The highest BCUT2D eigenvalue weighted by atomic mass is 32.1. The third kappa shape index (κ3) is 3.25. The number of aromatic nitrogens is 4. The van der Waals surface area contributed by atoms with E-state index in [1.807, 2.05) is 35.7 Å². The minimum absolute atomic E-state index is 0.109. The Balaban J connectivity index is 1.67. The zero-order chi connectivity index (χ0) is 17.9. The molecule has 3 heterocycles. The third-order valence-corrected chi connectivity index (χ3v) is 4.93. The summed E-state index contributed by atoms with van der Waals surface area (Å²) >= 11 is 1.62. The number of hydrogen-bond donors (Lipinski definition) is 1. The van der Waals surface area contributed by atoms with Crippen molar-refractivity contribution < 1.29 is 0 Å². The fourth-order valence-corrected chi connectivity index (χ4v) is 3.25. The lowest BCUT2D eigenvalue weighted by Gasteiger charge is -2.05. The number of pyridine rings is 1. The Morgan fingerprint density at radius 1 is 1.08 bits per heavy atom. The van der Waals surface area contributed by atoms with E-state index >= 15 is 0 Å². The van der Waals surface area contributed by atoms with E-state index in [2.05, 4.69) is 38.7 Å². The smallest absolute Gasteiger partial charge is 0.164 e. The van der Waals surface area contributed by atoms with Crippen LogP contribution in [0.3, 0.4) is 0 Å². The molecule has 3 aromatic heterocycles. The van der Waals surface area contributed by atoms with Crippen molar-refractivity contribution in [1.29, 1.82) is 0 Å². The van der Waals surface area contributed by atoms with Gasteiger partial charge in [0, 0.05) is 28.9 Å². The van der Waals surface area contributed by atoms with E-state index in [0.29, 0.717) is 11.5 Å². The molecule has 0 aliphatic carbocycles. The van der Waals surface area contributed by atoms with Gasteiger partial charge in [0.05, 0.1) is 11.3 Å². The predicted molar refractivity (Wildman–Crippen MR) is 105 cm³/mol. The van der Waals surface area contributed by atoms with Gasteiger partial charge in [-0.2, -0.15) is 0 Å². The van der Waals surface area contributed by atoms with Crippen LogP contribution < -0.4 is 5.73 Å². The fourth-order valence-electron chi connectivity index (χ4n) is 2.60. The van der Waals surface area contributed by atoms with E-state index in [0.717, 1.165) is 27.1 Å². The summed E-state index contributed by atoms with van der Waals surface area (Å²) in [5, 5.41) is 3.75. The Labute approximate surface area is 155 Å². The maximum Gasteiger partial charge on any atom is 0.164 e. The number of rotatable bonds is 2. The lowest BCUT2D eigenvalue weighted by molar-refractivity contribution is 0.978. The fraction of sp³-hybridized carbons (Fsp3) is 0.100.